The summed E-state index contributed by atoms with van der Waals surface area (Å²) in [5.41, 5.74) is 1.33. The molecule has 0 fully saturated rings. The van der Waals surface area contributed by atoms with E-state index in [9.17, 15) is 9.59 Å². The maximum Gasteiger partial charge on any atom is 0.275 e. The molecule has 0 atom stereocenters. The summed E-state index contributed by atoms with van der Waals surface area (Å²) in [6.07, 6.45) is 0. The Labute approximate surface area is 152 Å². The Morgan fingerprint density at radius 3 is 2.96 bits per heavy atom. The van der Waals surface area contributed by atoms with Crippen LogP contribution in [0.2, 0.25) is 5.02 Å². The van der Waals surface area contributed by atoms with Gasteiger partial charge in [0.15, 0.2) is 0 Å². The minimum absolute atomic E-state index is 0.119. The summed E-state index contributed by atoms with van der Waals surface area (Å²) < 4.78 is 1.24. The first kappa shape index (κ1) is 17.4. The molecule has 1 N–H and O–H groups in total. The highest BCUT2D eigenvalue weighted by Crippen LogP contribution is 2.19. The van der Waals surface area contributed by atoms with Crippen LogP contribution in [0.25, 0.3) is 4.96 Å². The minimum atomic E-state index is -0.233. The van der Waals surface area contributed by atoms with Crippen molar-refractivity contribution < 1.29 is 4.79 Å². The lowest BCUT2D eigenvalue weighted by atomic mass is 10.2. The van der Waals surface area contributed by atoms with E-state index in [0.717, 1.165) is 5.56 Å². The lowest BCUT2D eigenvalue weighted by Crippen LogP contribution is -2.34. The third-order valence-electron chi connectivity index (χ3n) is 3.45. The summed E-state index contributed by atoms with van der Waals surface area (Å²) in [5.74, 6) is -0.154. The maximum atomic E-state index is 12.1. The van der Waals surface area contributed by atoms with E-state index in [0.29, 0.717) is 27.4 Å². The second-order valence-corrected chi connectivity index (χ2v) is 6.95. The van der Waals surface area contributed by atoms with E-state index in [1.165, 1.54) is 21.9 Å². The Bertz CT molecular complexity index is 984. The van der Waals surface area contributed by atoms with Gasteiger partial charge in [-0.2, -0.15) is 4.52 Å². The Hall–Kier alpha value is -2.45. The smallest absolute Gasteiger partial charge is 0.275 e. The molecule has 0 radical (unpaired) electrons. The van der Waals surface area contributed by atoms with E-state index in [1.807, 2.05) is 12.1 Å². The lowest BCUT2D eigenvalue weighted by Gasteiger charge is -2.14. The zero-order chi connectivity index (χ0) is 18.0. The SMILES string of the molecule is Cc1cc(=O)n2nc(N(C)CC(=O)NCc3cccc(Cl)c3)sc2n1. The third kappa shape index (κ3) is 4.15. The molecule has 2 heterocycles. The number of carbonyl (C=O) groups excluding carboxylic acids is 1. The molecule has 0 aliphatic carbocycles. The molecule has 0 aliphatic heterocycles. The van der Waals surface area contributed by atoms with Crippen molar-refractivity contribution in [2.45, 2.75) is 13.5 Å². The molecule has 0 bridgehead atoms. The molecule has 7 nitrogen and oxygen atoms in total. The predicted octanol–water partition coefficient (Wildman–Crippen LogP) is 1.87. The highest BCUT2D eigenvalue weighted by Gasteiger charge is 2.14. The molecule has 130 valence electrons. The normalized spacial score (nSPS) is 10.8. The fourth-order valence-corrected chi connectivity index (χ4v) is 3.38. The number of aromatic nitrogens is 3. The second-order valence-electron chi connectivity index (χ2n) is 5.58. The molecule has 1 aromatic carbocycles. The van der Waals surface area contributed by atoms with Gasteiger partial charge in [0, 0.05) is 30.4 Å². The molecule has 0 spiro atoms. The number of hydrogen-bond donors (Lipinski definition) is 1. The minimum Gasteiger partial charge on any atom is -0.350 e. The molecule has 0 aliphatic rings. The Morgan fingerprint density at radius 1 is 1.40 bits per heavy atom. The van der Waals surface area contributed by atoms with Crippen molar-refractivity contribution in [3.05, 3.63) is 57.0 Å². The zero-order valence-electron chi connectivity index (χ0n) is 13.7. The van der Waals surface area contributed by atoms with Crippen molar-refractivity contribution in [1.29, 1.82) is 0 Å². The van der Waals surface area contributed by atoms with Crippen LogP contribution >= 0.6 is 22.9 Å². The quantitative estimate of drug-likeness (QED) is 0.734. The van der Waals surface area contributed by atoms with E-state index in [-0.39, 0.29) is 18.0 Å². The number of likely N-dealkylation sites (N-methyl/N-ethyl adjacent to an activating group) is 1. The number of amides is 1. The van der Waals surface area contributed by atoms with E-state index in [2.05, 4.69) is 15.4 Å². The van der Waals surface area contributed by atoms with Gasteiger partial charge in [0.1, 0.15) is 0 Å². The standard InChI is InChI=1S/C16H16ClN5O2S/c1-10-6-14(24)22-15(19-10)25-16(20-22)21(2)9-13(23)18-8-11-4-3-5-12(17)7-11/h3-7H,8-9H2,1-2H3,(H,18,23). The van der Waals surface area contributed by atoms with E-state index >= 15 is 0 Å². The number of benzene rings is 1. The first-order chi connectivity index (χ1) is 11.9. The van der Waals surface area contributed by atoms with Gasteiger partial charge in [-0.3, -0.25) is 9.59 Å². The van der Waals surface area contributed by atoms with E-state index < -0.39 is 0 Å². The Kier molecular flexibility index (Phi) is 5.00. The van der Waals surface area contributed by atoms with Gasteiger partial charge in [0.2, 0.25) is 16.0 Å². The number of rotatable bonds is 5. The molecule has 3 rings (SSSR count). The van der Waals surface area contributed by atoms with Gasteiger partial charge >= 0.3 is 0 Å². The van der Waals surface area contributed by atoms with Crippen LogP contribution in [0, 0.1) is 6.92 Å². The van der Waals surface area contributed by atoms with Crippen LogP contribution in [-0.4, -0.2) is 34.1 Å². The van der Waals surface area contributed by atoms with Gasteiger partial charge in [-0.15, -0.1) is 5.10 Å². The first-order valence-electron chi connectivity index (χ1n) is 7.52. The fraction of sp³-hybridized carbons (Fsp3) is 0.250. The van der Waals surface area contributed by atoms with Crippen molar-refractivity contribution >= 4 is 38.9 Å². The summed E-state index contributed by atoms with van der Waals surface area (Å²) in [7, 11) is 1.74. The zero-order valence-corrected chi connectivity index (χ0v) is 15.3. The predicted molar refractivity (Wildman–Crippen MR) is 98.4 cm³/mol. The first-order valence-corrected chi connectivity index (χ1v) is 8.71. The van der Waals surface area contributed by atoms with Crippen molar-refractivity contribution in [2.75, 3.05) is 18.5 Å². The summed E-state index contributed by atoms with van der Waals surface area (Å²) in [5, 5.41) is 8.24. The molecule has 25 heavy (non-hydrogen) atoms. The van der Waals surface area contributed by atoms with Crippen LogP contribution in [-0.2, 0) is 11.3 Å². The number of nitrogens with one attached hydrogen (secondary N) is 1. The molecule has 0 saturated carbocycles. The lowest BCUT2D eigenvalue weighted by molar-refractivity contribution is -0.119. The summed E-state index contributed by atoms with van der Waals surface area (Å²) in [6.45, 7) is 2.27. The van der Waals surface area contributed by atoms with Gasteiger partial charge in [-0.25, -0.2) is 4.98 Å². The molecule has 1 amide bonds. The van der Waals surface area contributed by atoms with Gasteiger partial charge in [-0.05, 0) is 24.6 Å². The molecule has 3 aromatic rings. The van der Waals surface area contributed by atoms with Crippen LogP contribution in [0.15, 0.2) is 35.1 Å². The highest BCUT2D eigenvalue weighted by atomic mass is 35.5. The van der Waals surface area contributed by atoms with Gasteiger partial charge < -0.3 is 10.2 Å². The number of hydrogen-bond acceptors (Lipinski definition) is 6. The van der Waals surface area contributed by atoms with E-state index in [1.54, 1.807) is 31.0 Å². The number of anilines is 1. The number of aryl methyl sites for hydroxylation is 1. The maximum absolute atomic E-state index is 12.1. The third-order valence-corrected chi connectivity index (χ3v) is 4.71. The van der Waals surface area contributed by atoms with Crippen LogP contribution in [0.4, 0.5) is 5.13 Å². The molecule has 9 heteroatoms. The van der Waals surface area contributed by atoms with Crippen LogP contribution in [0.3, 0.4) is 0 Å². The monoisotopic (exact) mass is 377 g/mol. The van der Waals surface area contributed by atoms with E-state index in [4.69, 9.17) is 11.6 Å². The molecule has 2 aromatic heterocycles. The number of fused-ring (bicyclic) bond motifs is 1. The number of nitrogens with zero attached hydrogens (tertiary/aromatic N) is 4. The summed E-state index contributed by atoms with van der Waals surface area (Å²) in [4.78, 5) is 30.5. The van der Waals surface area contributed by atoms with Crippen molar-refractivity contribution in [2.24, 2.45) is 0 Å². The highest BCUT2D eigenvalue weighted by molar-refractivity contribution is 7.20. The van der Waals surface area contributed by atoms with Crippen LogP contribution < -0.4 is 15.8 Å². The van der Waals surface area contributed by atoms with Crippen LogP contribution in [0.5, 0.6) is 0 Å². The van der Waals surface area contributed by atoms with Gasteiger partial charge in [0.25, 0.3) is 5.56 Å². The Balaban J connectivity index is 1.65. The van der Waals surface area contributed by atoms with Crippen molar-refractivity contribution in [3.8, 4) is 0 Å². The second kappa shape index (κ2) is 7.20. The van der Waals surface area contributed by atoms with Crippen molar-refractivity contribution in [1.82, 2.24) is 19.9 Å². The summed E-state index contributed by atoms with van der Waals surface area (Å²) in [6, 6.07) is 8.74. The van der Waals surface area contributed by atoms with Gasteiger partial charge in [0.05, 0.1) is 6.54 Å². The molecule has 0 saturated heterocycles. The molecular formula is C16H16ClN5O2S. The average molecular weight is 378 g/mol. The topological polar surface area (TPSA) is 79.6 Å². The Morgan fingerprint density at radius 2 is 2.20 bits per heavy atom. The largest absolute Gasteiger partial charge is 0.350 e. The van der Waals surface area contributed by atoms with Gasteiger partial charge in [-0.1, -0.05) is 35.1 Å². The number of halogens is 1. The number of carbonyl (C=O) groups is 1. The van der Waals surface area contributed by atoms with Crippen LogP contribution in [0.1, 0.15) is 11.3 Å². The average Bonchev–Trinajstić information content (AvgIpc) is 2.97. The molecular weight excluding hydrogens is 362 g/mol. The van der Waals surface area contributed by atoms with Crippen molar-refractivity contribution in [3.63, 3.8) is 0 Å². The molecule has 0 unspecified atom stereocenters. The summed E-state index contributed by atoms with van der Waals surface area (Å²) >= 11 is 7.19. The fourth-order valence-electron chi connectivity index (χ4n) is 2.25.